The average Bonchev–Trinajstić information content (AvgIpc) is 2.76. The van der Waals surface area contributed by atoms with Crippen LogP contribution < -0.4 is 16.1 Å². The van der Waals surface area contributed by atoms with Crippen LogP contribution in [0.5, 0.6) is 0 Å². The van der Waals surface area contributed by atoms with E-state index in [0.29, 0.717) is 41.9 Å². The Kier molecular flexibility index (Phi) is 6.48. The van der Waals surface area contributed by atoms with Gasteiger partial charge in [-0.05, 0) is 42.8 Å². The van der Waals surface area contributed by atoms with Gasteiger partial charge in [-0.2, -0.15) is 0 Å². The Balaban J connectivity index is 1.34. The second kappa shape index (κ2) is 9.28. The fourth-order valence-electron chi connectivity index (χ4n) is 3.86. The molecule has 1 aromatic heterocycles. The molecular weight excluding hydrogens is 484 g/mol. The molecule has 7 nitrogen and oxygen atoms in total. The maximum atomic E-state index is 12.7. The fraction of sp³-hybridized carbons (Fsp3) is 0.318. The molecule has 162 valence electrons. The summed E-state index contributed by atoms with van der Waals surface area (Å²) in [5.74, 6) is 0.0405. The van der Waals surface area contributed by atoms with Crippen LogP contribution in [0.4, 0.5) is 5.69 Å². The molecule has 2 heterocycles. The van der Waals surface area contributed by atoms with Crippen molar-refractivity contribution in [2.24, 2.45) is 0 Å². The highest BCUT2D eigenvalue weighted by Gasteiger charge is 2.21. The van der Waals surface area contributed by atoms with Crippen LogP contribution in [0.15, 0.2) is 56.5 Å². The van der Waals surface area contributed by atoms with Gasteiger partial charge in [0.15, 0.2) is 0 Å². The molecule has 9 heteroatoms. The van der Waals surface area contributed by atoms with Crippen LogP contribution in [-0.4, -0.2) is 46.5 Å². The zero-order valence-electron chi connectivity index (χ0n) is 16.8. The molecule has 0 aliphatic carbocycles. The largest absolute Gasteiger partial charge is 0.368 e. The van der Waals surface area contributed by atoms with E-state index in [9.17, 15) is 14.4 Å². The van der Waals surface area contributed by atoms with Gasteiger partial charge >= 0.3 is 5.69 Å². The van der Waals surface area contributed by atoms with Crippen LogP contribution in [0.2, 0.25) is 5.02 Å². The first-order valence-corrected chi connectivity index (χ1v) is 11.3. The maximum absolute atomic E-state index is 12.7. The molecule has 0 spiro atoms. The third kappa shape index (κ3) is 4.85. The van der Waals surface area contributed by atoms with E-state index in [1.807, 2.05) is 29.2 Å². The zero-order chi connectivity index (χ0) is 22.0. The Hall–Kier alpha value is -2.58. The lowest BCUT2D eigenvalue weighted by Crippen LogP contribution is -2.48. The van der Waals surface area contributed by atoms with Crippen molar-refractivity contribution < 1.29 is 4.79 Å². The number of nitrogens with zero attached hydrogens (tertiary/aromatic N) is 3. The Bertz CT molecular complexity index is 1230. The van der Waals surface area contributed by atoms with Gasteiger partial charge in [-0.15, -0.1) is 0 Å². The van der Waals surface area contributed by atoms with E-state index in [1.165, 1.54) is 4.57 Å². The Morgan fingerprint density at radius 2 is 1.84 bits per heavy atom. The van der Waals surface area contributed by atoms with Crippen molar-refractivity contribution in [1.29, 1.82) is 0 Å². The molecule has 1 fully saturated rings. The average molecular weight is 506 g/mol. The molecule has 0 unspecified atom stereocenters. The van der Waals surface area contributed by atoms with Crippen molar-refractivity contribution in [2.75, 3.05) is 31.1 Å². The number of nitrogens with one attached hydrogen (secondary N) is 1. The first-order chi connectivity index (χ1) is 14.9. The Morgan fingerprint density at radius 3 is 2.58 bits per heavy atom. The van der Waals surface area contributed by atoms with E-state index in [2.05, 4.69) is 25.8 Å². The molecule has 1 aliphatic heterocycles. The molecule has 2 aromatic carbocycles. The van der Waals surface area contributed by atoms with Gasteiger partial charge < -0.3 is 14.8 Å². The van der Waals surface area contributed by atoms with Crippen LogP contribution in [0, 0.1) is 0 Å². The summed E-state index contributed by atoms with van der Waals surface area (Å²) in [5, 5.41) is 1.14. The first-order valence-electron chi connectivity index (χ1n) is 10.1. The lowest BCUT2D eigenvalue weighted by molar-refractivity contribution is -0.131. The minimum atomic E-state index is -0.456. The van der Waals surface area contributed by atoms with Crippen molar-refractivity contribution in [1.82, 2.24) is 14.5 Å². The minimum Gasteiger partial charge on any atom is -0.368 e. The molecule has 1 amide bonds. The smallest absolute Gasteiger partial charge is 0.328 e. The number of carbonyl (C=O) groups is 1. The summed E-state index contributed by atoms with van der Waals surface area (Å²) >= 11 is 9.42. The van der Waals surface area contributed by atoms with Gasteiger partial charge in [0.2, 0.25) is 5.91 Å². The number of halogens is 2. The number of amides is 1. The molecule has 0 bridgehead atoms. The molecule has 1 N–H and O–H groups in total. The van der Waals surface area contributed by atoms with E-state index in [-0.39, 0.29) is 18.0 Å². The topological polar surface area (TPSA) is 78.4 Å². The highest BCUT2D eigenvalue weighted by atomic mass is 79.9. The van der Waals surface area contributed by atoms with Gasteiger partial charge in [0.1, 0.15) is 0 Å². The molecule has 0 atom stereocenters. The van der Waals surface area contributed by atoms with Crippen molar-refractivity contribution in [3.8, 4) is 0 Å². The fourth-order valence-corrected chi connectivity index (χ4v) is 4.40. The Labute approximate surface area is 192 Å². The van der Waals surface area contributed by atoms with Crippen molar-refractivity contribution in [3.05, 3.63) is 72.8 Å². The number of carbonyl (C=O) groups excluding carboxylic acids is 1. The normalized spacial score (nSPS) is 14.3. The second-order valence-electron chi connectivity index (χ2n) is 7.53. The molecule has 3 aromatic rings. The predicted molar refractivity (Wildman–Crippen MR) is 126 cm³/mol. The number of piperazine rings is 1. The highest BCUT2D eigenvalue weighted by molar-refractivity contribution is 9.10. The van der Waals surface area contributed by atoms with E-state index in [1.54, 1.807) is 18.2 Å². The summed E-state index contributed by atoms with van der Waals surface area (Å²) in [6.45, 7) is 2.95. The summed E-state index contributed by atoms with van der Waals surface area (Å²) in [4.78, 5) is 44.4. The summed E-state index contributed by atoms with van der Waals surface area (Å²) in [6, 6.07) is 12.9. The maximum Gasteiger partial charge on any atom is 0.328 e. The van der Waals surface area contributed by atoms with Crippen LogP contribution >= 0.6 is 27.5 Å². The van der Waals surface area contributed by atoms with Gasteiger partial charge in [-0.3, -0.25) is 14.2 Å². The number of aromatic amines is 1. The summed E-state index contributed by atoms with van der Waals surface area (Å²) in [6.07, 6.45) is 0.718. The van der Waals surface area contributed by atoms with Crippen LogP contribution in [0.1, 0.15) is 12.8 Å². The number of hydrogen-bond donors (Lipinski definition) is 1. The van der Waals surface area contributed by atoms with E-state index in [0.717, 1.165) is 23.2 Å². The number of anilines is 1. The van der Waals surface area contributed by atoms with Crippen LogP contribution in [0.3, 0.4) is 0 Å². The molecule has 1 saturated heterocycles. The molecule has 1 aliphatic rings. The lowest BCUT2D eigenvalue weighted by atomic mass is 10.2. The van der Waals surface area contributed by atoms with Gasteiger partial charge in [0.25, 0.3) is 5.56 Å². The van der Waals surface area contributed by atoms with Gasteiger partial charge in [-0.1, -0.05) is 33.6 Å². The van der Waals surface area contributed by atoms with Gasteiger partial charge in [0.05, 0.1) is 10.9 Å². The van der Waals surface area contributed by atoms with Crippen molar-refractivity contribution in [2.45, 2.75) is 19.4 Å². The third-order valence-electron chi connectivity index (χ3n) is 5.52. The zero-order valence-corrected chi connectivity index (χ0v) is 19.2. The minimum absolute atomic E-state index is 0.0405. The summed E-state index contributed by atoms with van der Waals surface area (Å²) in [7, 11) is 0. The number of benzene rings is 2. The second-order valence-corrected chi connectivity index (χ2v) is 8.88. The van der Waals surface area contributed by atoms with Gasteiger partial charge in [0, 0.05) is 54.3 Å². The highest BCUT2D eigenvalue weighted by Crippen LogP contribution is 2.21. The monoisotopic (exact) mass is 504 g/mol. The molecule has 4 rings (SSSR count). The number of H-pyrrole nitrogens is 1. The quantitative estimate of drug-likeness (QED) is 0.577. The third-order valence-corrected chi connectivity index (χ3v) is 6.25. The lowest BCUT2D eigenvalue weighted by Gasteiger charge is -2.36. The number of aromatic nitrogens is 2. The summed E-state index contributed by atoms with van der Waals surface area (Å²) < 4.78 is 1.93. The van der Waals surface area contributed by atoms with E-state index < -0.39 is 5.69 Å². The van der Waals surface area contributed by atoms with E-state index in [4.69, 9.17) is 11.6 Å². The Morgan fingerprint density at radius 1 is 1.06 bits per heavy atom. The van der Waals surface area contributed by atoms with Crippen LogP contribution in [0.25, 0.3) is 10.9 Å². The predicted octanol–water partition coefficient (Wildman–Crippen LogP) is 3.23. The number of hydrogen-bond acceptors (Lipinski definition) is 4. The molecule has 0 saturated carbocycles. The van der Waals surface area contributed by atoms with Gasteiger partial charge in [-0.25, -0.2) is 4.79 Å². The summed E-state index contributed by atoms with van der Waals surface area (Å²) in [5.41, 5.74) is 0.759. The van der Waals surface area contributed by atoms with Crippen molar-refractivity contribution in [3.63, 3.8) is 0 Å². The number of rotatable bonds is 5. The SMILES string of the molecule is O=C(CCCn1c(=O)[nH]c2ccc(Br)cc2c1=O)N1CCN(c2cccc(Cl)c2)CC1. The molecular formula is C22H22BrClN4O3. The van der Waals surface area contributed by atoms with E-state index >= 15 is 0 Å². The standard InChI is InChI=1S/C22H22BrClN4O3/c23-15-6-7-19-18(13-15)21(30)28(22(31)25-19)8-2-5-20(29)27-11-9-26(10-12-27)17-4-1-3-16(24)14-17/h1,3-4,6-7,13-14H,2,5,8-12H2,(H,25,31). The van der Waals surface area contributed by atoms with Crippen molar-refractivity contribution >= 4 is 50.0 Å². The molecule has 31 heavy (non-hydrogen) atoms. The van der Waals surface area contributed by atoms with Crippen LogP contribution in [-0.2, 0) is 11.3 Å². The molecule has 0 radical (unpaired) electrons. The number of fused-ring (bicyclic) bond motifs is 1. The first kappa shape index (κ1) is 21.6.